The number of para-hydroxylation sites is 1. The molecule has 3 rings (SSSR count). The van der Waals surface area contributed by atoms with Crippen LogP contribution in [0.25, 0.3) is 0 Å². The Kier molecular flexibility index (Phi) is 4.98. The first-order valence-corrected chi connectivity index (χ1v) is 9.16. The molecule has 1 fully saturated rings. The summed E-state index contributed by atoms with van der Waals surface area (Å²) in [5.74, 6) is -0.398. The molecule has 1 saturated carbocycles. The number of esters is 1. The van der Waals surface area contributed by atoms with E-state index in [0.717, 1.165) is 37.1 Å². The molecule has 0 bridgehead atoms. The highest BCUT2D eigenvalue weighted by atomic mass is 16.5. The fourth-order valence-electron chi connectivity index (χ4n) is 4.05. The Labute approximate surface area is 149 Å². The van der Waals surface area contributed by atoms with Gasteiger partial charge in [0.25, 0.3) is 0 Å². The summed E-state index contributed by atoms with van der Waals surface area (Å²) in [5.41, 5.74) is 3.02. The van der Waals surface area contributed by atoms with Gasteiger partial charge in [-0.3, -0.25) is 9.59 Å². The fraction of sp³-hybridized carbons (Fsp3) is 0.524. The van der Waals surface area contributed by atoms with Gasteiger partial charge in [0.2, 0.25) is 0 Å². The van der Waals surface area contributed by atoms with E-state index < -0.39 is 0 Å². The predicted octanol–water partition coefficient (Wildman–Crippen LogP) is 3.99. The average Bonchev–Trinajstić information content (AvgIpc) is 2.82. The normalized spacial score (nSPS) is 21.2. The van der Waals surface area contributed by atoms with Gasteiger partial charge in [0.05, 0.1) is 5.92 Å². The Morgan fingerprint density at radius 3 is 2.56 bits per heavy atom. The van der Waals surface area contributed by atoms with Crippen molar-refractivity contribution >= 4 is 17.4 Å². The molecule has 0 aromatic heterocycles. The molecule has 1 aliphatic carbocycles. The molecule has 25 heavy (non-hydrogen) atoms. The number of ketones is 1. The lowest BCUT2D eigenvalue weighted by Gasteiger charge is -2.24. The van der Waals surface area contributed by atoms with Gasteiger partial charge in [-0.2, -0.15) is 0 Å². The van der Waals surface area contributed by atoms with Crippen molar-refractivity contribution < 1.29 is 14.3 Å². The Hall–Kier alpha value is -2.10. The highest BCUT2D eigenvalue weighted by Crippen LogP contribution is 2.46. The van der Waals surface area contributed by atoms with Gasteiger partial charge in [-0.1, -0.05) is 51.3 Å². The summed E-state index contributed by atoms with van der Waals surface area (Å²) < 4.78 is 5.28. The number of rotatable bonds is 4. The molecule has 1 aromatic rings. The minimum atomic E-state index is -0.242. The first-order valence-electron chi connectivity index (χ1n) is 9.16. The number of likely N-dealkylation sites (N-methyl/N-ethyl adjacent to an activating group) is 1. The molecular formula is C21H27NO3. The molecule has 0 amide bonds. The quantitative estimate of drug-likeness (QED) is 0.614. The van der Waals surface area contributed by atoms with Gasteiger partial charge in [0.1, 0.15) is 0 Å². The van der Waals surface area contributed by atoms with Crippen LogP contribution >= 0.6 is 0 Å². The topological polar surface area (TPSA) is 46.6 Å². The summed E-state index contributed by atoms with van der Waals surface area (Å²) >= 11 is 0. The maximum absolute atomic E-state index is 12.4. The highest BCUT2D eigenvalue weighted by molar-refractivity contribution is 5.94. The van der Waals surface area contributed by atoms with Crippen LogP contribution in [0, 0.1) is 5.92 Å². The van der Waals surface area contributed by atoms with Crippen molar-refractivity contribution in [3.63, 3.8) is 0 Å². The number of nitrogens with zero attached hydrogens (tertiary/aromatic N) is 1. The first kappa shape index (κ1) is 17.7. The molecule has 0 radical (unpaired) electrons. The van der Waals surface area contributed by atoms with E-state index in [0.29, 0.717) is 0 Å². The molecule has 0 N–H and O–H groups in total. The van der Waals surface area contributed by atoms with Crippen LogP contribution in [0.2, 0.25) is 0 Å². The molecule has 2 aliphatic rings. The lowest BCUT2D eigenvalue weighted by molar-refractivity contribution is -0.152. The summed E-state index contributed by atoms with van der Waals surface area (Å²) in [6.07, 6.45) is 6.76. The molecule has 1 aliphatic heterocycles. The molecule has 0 atom stereocenters. The third-order valence-corrected chi connectivity index (χ3v) is 5.53. The van der Waals surface area contributed by atoms with Crippen molar-refractivity contribution in [3.8, 4) is 0 Å². The minimum absolute atomic E-state index is 0.0240. The smallest absolute Gasteiger partial charge is 0.309 e. The van der Waals surface area contributed by atoms with Gasteiger partial charge in [-0.05, 0) is 24.5 Å². The summed E-state index contributed by atoms with van der Waals surface area (Å²) in [7, 11) is 1.97. The zero-order valence-corrected chi connectivity index (χ0v) is 15.4. The summed E-state index contributed by atoms with van der Waals surface area (Å²) in [5, 5.41) is 0. The molecular weight excluding hydrogens is 314 g/mol. The van der Waals surface area contributed by atoms with E-state index in [2.05, 4.69) is 30.9 Å². The van der Waals surface area contributed by atoms with E-state index in [-0.39, 0.29) is 29.7 Å². The number of carbonyl (C=O) groups excluding carboxylic acids is 2. The van der Waals surface area contributed by atoms with Gasteiger partial charge in [-0.15, -0.1) is 0 Å². The second kappa shape index (κ2) is 7.03. The van der Waals surface area contributed by atoms with Crippen LogP contribution < -0.4 is 4.90 Å². The first-order chi connectivity index (χ1) is 11.9. The second-order valence-electron chi connectivity index (χ2n) is 7.64. The van der Waals surface area contributed by atoms with Gasteiger partial charge < -0.3 is 9.64 Å². The van der Waals surface area contributed by atoms with Crippen LogP contribution in [0.1, 0.15) is 51.5 Å². The van der Waals surface area contributed by atoms with Gasteiger partial charge >= 0.3 is 5.97 Å². The second-order valence-corrected chi connectivity index (χ2v) is 7.64. The van der Waals surface area contributed by atoms with Gasteiger partial charge in [0, 0.05) is 29.9 Å². The van der Waals surface area contributed by atoms with Crippen molar-refractivity contribution in [1.82, 2.24) is 0 Å². The van der Waals surface area contributed by atoms with Crippen LogP contribution in [0.4, 0.5) is 5.69 Å². The largest absolute Gasteiger partial charge is 0.457 e. The third-order valence-electron chi connectivity index (χ3n) is 5.53. The number of carbonyl (C=O) groups is 2. The monoisotopic (exact) mass is 341 g/mol. The molecule has 0 spiro atoms. The Balaban J connectivity index is 1.66. The predicted molar refractivity (Wildman–Crippen MR) is 98.5 cm³/mol. The van der Waals surface area contributed by atoms with E-state index in [1.54, 1.807) is 6.08 Å². The molecule has 0 unspecified atom stereocenters. The van der Waals surface area contributed by atoms with Crippen LogP contribution in [0.5, 0.6) is 0 Å². The highest BCUT2D eigenvalue weighted by Gasteiger charge is 2.38. The Morgan fingerprint density at radius 1 is 1.20 bits per heavy atom. The molecule has 4 nitrogen and oxygen atoms in total. The fourth-order valence-corrected chi connectivity index (χ4v) is 4.05. The van der Waals surface area contributed by atoms with Crippen molar-refractivity contribution in [1.29, 1.82) is 0 Å². The lowest BCUT2D eigenvalue weighted by Crippen LogP contribution is -2.26. The van der Waals surface area contributed by atoms with E-state index in [1.807, 2.05) is 19.2 Å². The molecule has 1 aromatic carbocycles. The lowest BCUT2D eigenvalue weighted by atomic mass is 9.83. The number of hydrogen-bond donors (Lipinski definition) is 0. The molecule has 134 valence electrons. The maximum Gasteiger partial charge on any atom is 0.309 e. The molecule has 1 heterocycles. The number of fused-ring (bicyclic) bond motifs is 1. The van der Waals surface area contributed by atoms with E-state index in [1.165, 1.54) is 12.0 Å². The van der Waals surface area contributed by atoms with Crippen molar-refractivity contribution in [2.75, 3.05) is 18.6 Å². The number of hydrogen-bond acceptors (Lipinski definition) is 4. The van der Waals surface area contributed by atoms with Crippen LogP contribution in [0.15, 0.2) is 36.0 Å². The minimum Gasteiger partial charge on any atom is -0.457 e. The summed E-state index contributed by atoms with van der Waals surface area (Å²) in [6.45, 7) is 4.06. The summed E-state index contributed by atoms with van der Waals surface area (Å²) in [6, 6.07) is 8.18. The molecule has 4 heteroatoms. The standard InChI is InChI=1S/C21H27NO3/c1-21(2)17-11-7-8-12-18(17)22(3)19(21)13-16(23)14-25-20(24)15-9-5-4-6-10-15/h7-8,11-13,15H,4-6,9-10,14H2,1-3H3. The van der Waals surface area contributed by atoms with Crippen molar-refractivity contribution in [2.24, 2.45) is 5.92 Å². The number of benzene rings is 1. The number of anilines is 1. The average molecular weight is 341 g/mol. The number of allylic oxidation sites excluding steroid dienone is 1. The summed E-state index contributed by atoms with van der Waals surface area (Å²) in [4.78, 5) is 26.5. The van der Waals surface area contributed by atoms with E-state index in [4.69, 9.17) is 4.74 Å². The maximum atomic E-state index is 12.4. The zero-order chi connectivity index (χ0) is 18.0. The third kappa shape index (κ3) is 3.48. The van der Waals surface area contributed by atoms with Crippen LogP contribution in [-0.2, 0) is 19.7 Å². The van der Waals surface area contributed by atoms with Gasteiger partial charge in [0.15, 0.2) is 12.4 Å². The van der Waals surface area contributed by atoms with E-state index >= 15 is 0 Å². The zero-order valence-electron chi connectivity index (χ0n) is 15.4. The Bertz CT molecular complexity index is 699. The van der Waals surface area contributed by atoms with Crippen molar-refractivity contribution in [3.05, 3.63) is 41.6 Å². The molecule has 0 saturated heterocycles. The Morgan fingerprint density at radius 2 is 1.88 bits per heavy atom. The van der Waals surface area contributed by atoms with Gasteiger partial charge in [-0.25, -0.2) is 0 Å². The van der Waals surface area contributed by atoms with Crippen LogP contribution in [-0.4, -0.2) is 25.4 Å². The van der Waals surface area contributed by atoms with Crippen LogP contribution in [0.3, 0.4) is 0 Å². The van der Waals surface area contributed by atoms with E-state index in [9.17, 15) is 9.59 Å². The SMILES string of the molecule is CN1C(=CC(=O)COC(=O)C2CCCCC2)C(C)(C)c2ccccc21. The van der Waals surface area contributed by atoms with Crippen molar-refractivity contribution in [2.45, 2.75) is 51.4 Å². The number of ether oxygens (including phenoxy) is 1.